The first kappa shape index (κ1) is 16.3. The van der Waals surface area contributed by atoms with Crippen molar-refractivity contribution in [3.63, 3.8) is 0 Å². The van der Waals surface area contributed by atoms with Crippen molar-refractivity contribution in [1.29, 1.82) is 0 Å². The second-order valence-corrected chi connectivity index (χ2v) is 3.37. The lowest BCUT2D eigenvalue weighted by Gasteiger charge is -2.35. The fourth-order valence-electron chi connectivity index (χ4n) is 1.34. The summed E-state index contributed by atoms with van der Waals surface area (Å²) in [6.07, 6.45) is 0.571. The molecule has 0 aromatic rings. The molecular weight excluding hydrogens is 226 g/mol. The number of hydrogen-bond donors (Lipinski definition) is 1. The maximum atomic E-state index is 10.3. The Morgan fingerprint density at radius 2 is 1.88 bits per heavy atom. The molecule has 0 saturated heterocycles. The summed E-state index contributed by atoms with van der Waals surface area (Å²) in [5, 5.41) is 13.4. The van der Waals surface area contributed by atoms with Crippen molar-refractivity contribution in [3.8, 4) is 0 Å². The van der Waals surface area contributed by atoms with Gasteiger partial charge in [-0.05, 0) is 11.7 Å². The number of nitrogens with zero attached hydrogens (tertiary/aromatic N) is 3. The van der Waals surface area contributed by atoms with E-state index in [1.165, 1.54) is 10.5 Å². The van der Waals surface area contributed by atoms with Gasteiger partial charge in [0.25, 0.3) is 0 Å². The van der Waals surface area contributed by atoms with Crippen LogP contribution in [0.5, 0.6) is 0 Å². The van der Waals surface area contributed by atoms with Gasteiger partial charge in [0.05, 0.1) is 13.7 Å². The highest BCUT2D eigenvalue weighted by Gasteiger charge is 2.17. The lowest BCUT2D eigenvalue weighted by Crippen LogP contribution is -2.50. The van der Waals surface area contributed by atoms with Gasteiger partial charge >= 0.3 is 5.97 Å². The number of hydroxylamine groups is 1. The Morgan fingerprint density at radius 1 is 1.29 bits per heavy atom. The molecule has 0 aliphatic rings. The quantitative estimate of drug-likeness (QED) is 0.452. The van der Waals surface area contributed by atoms with E-state index in [1.54, 1.807) is 14.2 Å². The Morgan fingerprint density at radius 3 is 2.29 bits per heavy atom. The van der Waals surface area contributed by atoms with Crippen LogP contribution >= 0.6 is 0 Å². The molecule has 0 aliphatic carbocycles. The fraction of sp³-hybridized carbons (Fsp3) is 0.900. The molecule has 0 heterocycles. The first-order valence-corrected chi connectivity index (χ1v) is 5.74. The maximum absolute atomic E-state index is 10.3. The molecule has 0 bridgehead atoms. The number of carboxylic acids is 1. The molecule has 0 rings (SSSR count). The molecule has 0 aliphatic heterocycles. The summed E-state index contributed by atoms with van der Waals surface area (Å²) in [4.78, 5) is 20.9. The molecule has 0 spiro atoms. The van der Waals surface area contributed by atoms with Crippen LogP contribution in [0, 0.1) is 0 Å². The number of rotatable bonds is 10. The summed E-state index contributed by atoms with van der Waals surface area (Å²) in [5.74, 6) is -0.816. The van der Waals surface area contributed by atoms with Crippen LogP contribution in [0.3, 0.4) is 0 Å². The molecule has 17 heavy (non-hydrogen) atoms. The third-order valence-electron chi connectivity index (χ3n) is 2.19. The minimum atomic E-state index is -0.816. The lowest BCUT2D eigenvalue weighted by molar-refractivity contribution is -0.461. The standard InChI is InChI=1S/C10H23N3O4/c1-5-12(6-2)13(16-4)11(3)17-9-7-8-10(14)15/h5-9H2,1-4H3,(H,14,15). The fourth-order valence-corrected chi connectivity index (χ4v) is 1.34. The number of hydrazine groups is 2. The summed E-state index contributed by atoms with van der Waals surface area (Å²) in [6.45, 7) is 5.92. The van der Waals surface area contributed by atoms with E-state index in [2.05, 4.69) is 0 Å². The topological polar surface area (TPSA) is 65.5 Å². The highest BCUT2D eigenvalue weighted by molar-refractivity contribution is 5.66. The zero-order valence-electron chi connectivity index (χ0n) is 11.0. The smallest absolute Gasteiger partial charge is 0.303 e. The summed E-state index contributed by atoms with van der Waals surface area (Å²) >= 11 is 0. The second-order valence-electron chi connectivity index (χ2n) is 3.37. The van der Waals surface area contributed by atoms with Crippen molar-refractivity contribution in [2.75, 3.05) is 33.9 Å². The predicted molar refractivity (Wildman–Crippen MR) is 62.4 cm³/mol. The molecule has 7 nitrogen and oxygen atoms in total. The highest BCUT2D eigenvalue weighted by Crippen LogP contribution is 2.03. The van der Waals surface area contributed by atoms with Crippen LogP contribution in [0.4, 0.5) is 0 Å². The van der Waals surface area contributed by atoms with Gasteiger partial charge in [0.1, 0.15) is 0 Å². The molecule has 7 heteroatoms. The van der Waals surface area contributed by atoms with Gasteiger partial charge in [-0.3, -0.25) is 14.5 Å². The van der Waals surface area contributed by atoms with E-state index in [-0.39, 0.29) is 6.42 Å². The van der Waals surface area contributed by atoms with E-state index in [1.807, 2.05) is 18.9 Å². The Labute approximate surface area is 102 Å². The number of carbonyl (C=O) groups is 1. The SMILES string of the molecule is CCN(CC)N(OC)N(C)OCCCC(=O)O. The molecule has 0 aromatic heterocycles. The van der Waals surface area contributed by atoms with Crippen molar-refractivity contribution in [1.82, 2.24) is 15.5 Å². The molecule has 0 atom stereocenters. The van der Waals surface area contributed by atoms with Crippen LogP contribution < -0.4 is 0 Å². The van der Waals surface area contributed by atoms with Crippen LogP contribution in [-0.2, 0) is 14.5 Å². The zero-order valence-corrected chi connectivity index (χ0v) is 11.0. The van der Waals surface area contributed by atoms with E-state index < -0.39 is 5.97 Å². The van der Waals surface area contributed by atoms with E-state index in [9.17, 15) is 4.79 Å². The minimum Gasteiger partial charge on any atom is -0.481 e. The molecule has 0 unspecified atom stereocenters. The van der Waals surface area contributed by atoms with Crippen LogP contribution in [0.25, 0.3) is 0 Å². The van der Waals surface area contributed by atoms with Gasteiger partial charge in [-0.2, -0.15) is 0 Å². The average Bonchev–Trinajstić information content (AvgIpc) is 2.30. The number of aliphatic carboxylic acids is 1. The first-order chi connectivity index (χ1) is 8.06. The molecule has 1 N–H and O–H groups in total. The largest absolute Gasteiger partial charge is 0.481 e. The molecule has 0 radical (unpaired) electrons. The van der Waals surface area contributed by atoms with Gasteiger partial charge in [-0.15, -0.1) is 0 Å². The maximum Gasteiger partial charge on any atom is 0.303 e. The monoisotopic (exact) mass is 249 g/mol. The van der Waals surface area contributed by atoms with Crippen molar-refractivity contribution in [3.05, 3.63) is 0 Å². The van der Waals surface area contributed by atoms with Crippen LogP contribution in [-0.4, -0.2) is 60.4 Å². The molecule has 102 valence electrons. The molecule has 0 fully saturated rings. The molecule has 0 aromatic carbocycles. The van der Waals surface area contributed by atoms with Gasteiger partial charge < -0.3 is 5.11 Å². The third kappa shape index (κ3) is 6.54. The first-order valence-electron chi connectivity index (χ1n) is 5.74. The second kappa shape index (κ2) is 9.32. The number of carboxylic acid groups (broad SMARTS) is 1. The minimum absolute atomic E-state index is 0.103. The van der Waals surface area contributed by atoms with Crippen LogP contribution in [0.1, 0.15) is 26.7 Å². The Balaban J connectivity index is 3.98. The predicted octanol–water partition coefficient (Wildman–Crippen LogP) is 0.750. The summed E-state index contributed by atoms with van der Waals surface area (Å²) in [7, 11) is 3.26. The summed E-state index contributed by atoms with van der Waals surface area (Å²) in [6, 6.07) is 0. The van der Waals surface area contributed by atoms with Crippen molar-refractivity contribution in [2.45, 2.75) is 26.7 Å². The number of hydrogen-bond acceptors (Lipinski definition) is 6. The van der Waals surface area contributed by atoms with Crippen molar-refractivity contribution < 1.29 is 19.6 Å². The lowest BCUT2D eigenvalue weighted by atomic mass is 10.3. The molecular formula is C10H23N3O4. The Bertz CT molecular complexity index is 212. The Hall–Kier alpha value is -0.730. The van der Waals surface area contributed by atoms with Gasteiger partial charge in [0, 0.05) is 26.6 Å². The normalized spacial score (nSPS) is 11.7. The van der Waals surface area contributed by atoms with Crippen LogP contribution in [0.2, 0.25) is 0 Å². The molecule has 0 amide bonds. The van der Waals surface area contributed by atoms with Gasteiger partial charge in [0.2, 0.25) is 0 Å². The van der Waals surface area contributed by atoms with Crippen LogP contribution in [0.15, 0.2) is 0 Å². The zero-order chi connectivity index (χ0) is 13.3. The van der Waals surface area contributed by atoms with E-state index in [4.69, 9.17) is 14.8 Å². The Kier molecular flexibility index (Phi) is 8.92. The van der Waals surface area contributed by atoms with Gasteiger partial charge in [-0.1, -0.05) is 19.0 Å². The third-order valence-corrected chi connectivity index (χ3v) is 2.19. The summed E-state index contributed by atoms with van der Waals surface area (Å²) < 4.78 is 0. The molecule has 0 saturated carbocycles. The van der Waals surface area contributed by atoms with E-state index in [0.717, 1.165) is 13.1 Å². The average molecular weight is 249 g/mol. The van der Waals surface area contributed by atoms with E-state index >= 15 is 0 Å². The van der Waals surface area contributed by atoms with Gasteiger partial charge in [0.15, 0.2) is 0 Å². The highest BCUT2D eigenvalue weighted by atomic mass is 16.9. The van der Waals surface area contributed by atoms with Gasteiger partial charge in [-0.25, -0.2) is 5.01 Å². The van der Waals surface area contributed by atoms with Crippen molar-refractivity contribution in [2.24, 2.45) is 0 Å². The van der Waals surface area contributed by atoms with Crippen molar-refractivity contribution >= 4 is 5.97 Å². The summed E-state index contributed by atoms with van der Waals surface area (Å²) in [5.41, 5.74) is 0. The van der Waals surface area contributed by atoms with E-state index in [0.29, 0.717) is 13.0 Å².